The monoisotopic (exact) mass is 330 g/mol. The molecule has 7 heteroatoms. The molecule has 2 N–H and O–H groups in total. The number of pyridine rings is 1. The van der Waals surface area contributed by atoms with E-state index >= 15 is 0 Å². The number of aromatic nitrogens is 1. The number of carbonyl (C=O) groups is 1. The minimum Gasteiger partial charge on any atom is -0.453 e. The fourth-order valence-electron chi connectivity index (χ4n) is 3.47. The Balaban J connectivity index is 1.91. The summed E-state index contributed by atoms with van der Waals surface area (Å²) in [6, 6.07) is 7.45. The molecule has 1 spiro atoms. The van der Waals surface area contributed by atoms with E-state index in [0.717, 1.165) is 10.9 Å². The van der Waals surface area contributed by atoms with E-state index in [9.17, 15) is 9.90 Å². The third-order valence-electron chi connectivity index (χ3n) is 4.52. The second-order valence-electron chi connectivity index (χ2n) is 5.99. The minimum atomic E-state index is -0.858. The number of amides is 1. The Hall–Kier alpha value is -2.22. The number of hydrogen-bond acceptors (Lipinski definition) is 6. The van der Waals surface area contributed by atoms with Gasteiger partial charge in [-0.2, -0.15) is 0 Å². The van der Waals surface area contributed by atoms with E-state index in [4.69, 9.17) is 14.2 Å². The number of aliphatic hydroxyl groups excluding tert-OH is 1. The number of carbonyl (C=O) groups excluding carboxylic acids is 1. The Bertz CT molecular complexity index is 801. The molecule has 2 aromatic rings. The molecule has 4 rings (SSSR count). The molecule has 2 heterocycles. The fourth-order valence-corrected chi connectivity index (χ4v) is 3.47. The SMILES string of the molecule is COC(=O)Nc1c2c(nc3ccccc13)C(O)CC1(C2)OCCO1. The van der Waals surface area contributed by atoms with Gasteiger partial charge in [-0.05, 0) is 6.07 Å². The first-order valence-corrected chi connectivity index (χ1v) is 7.84. The zero-order valence-corrected chi connectivity index (χ0v) is 13.2. The zero-order valence-electron chi connectivity index (χ0n) is 13.2. The Morgan fingerprint density at radius 3 is 2.88 bits per heavy atom. The number of anilines is 1. The summed E-state index contributed by atoms with van der Waals surface area (Å²) in [4.78, 5) is 16.4. The van der Waals surface area contributed by atoms with E-state index in [1.54, 1.807) is 0 Å². The first-order chi connectivity index (χ1) is 11.6. The normalized spacial score (nSPS) is 21.7. The van der Waals surface area contributed by atoms with Crippen molar-refractivity contribution in [2.45, 2.75) is 24.7 Å². The number of fused-ring (bicyclic) bond motifs is 2. The van der Waals surface area contributed by atoms with Crippen molar-refractivity contribution in [1.29, 1.82) is 0 Å². The molecule has 0 bridgehead atoms. The molecular formula is C17H18N2O5. The smallest absolute Gasteiger partial charge is 0.411 e. The lowest BCUT2D eigenvalue weighted by Gasteiger charge is -2.36. The van der Waals surface area contributed by atoms with Gasteiger partial charge in [-0.3, -0.25) is 5.32 Å². The van der Waals surface area contributed by atoms with Gasteiger partial charge in [0.25, 0.3) is 0 Å². The van der Waals surface area contributed by atoms with Crippen LogP contribution in [0.3, 0.4) is 0 Å². The molecule has 1 fully saturated rings. The molecule has 1 saturated heterocycles. The highest BCUT2D eigenvalue weighted by Gasteiger charge is 2.45. The van der Waals surface area contributed by atoms with E-state index in [1.165, 1.54) is 7.11 Å². The molecule has 1 aliphatic carbocycles. The summed E-state index contributed by atoms with van der Waals surface area (Å²) in [5.74, 6) is -0.858. The maximum absolute atomic E-state index is 11.8. The first-order valence-electron chi connectivity index (χ1n) is 7.84. The van der Waals surface area contributed by atoms with Crippen molar-refractivity contribution in [3.05, 3.63) is 35.5 Å². The lowest BCUT2D eigenvalue weighted by Crippen LogP contribution is -2.39. The average molecular weight is 330 g/mol. The van der Waals surface area contributed by atoms with E-state index < -0.39 is 18.0 Å². The summed E-state index contributed by atoms with van der Waals surface area (Å²) in [6.45, 7) is 0.978. The van der Waals surface area contributed by atoms with Crippen LogP contribution in [0.5, 0.6) is 0 Å². The first kappa shape index (κ1) is 15.3. The van der Waals surface area contributed by atoms with Gasteiger partial charge < -0.3 is 19.3 Å². The fraction of sp³-hybridized carbons (Fsp3) is 0.412. The maximum atomic E-state index is 11.8. The second kappa shape index (κ2) is 5.70. The second-order valence-corrected chi connectivity index (χ2v) is 5.99. The van der Waals surface area contributed by atoms with Crippen LogP contribution in [0.2, 0.25) is 0 Å². The highest BCUT2D eigenvalue weighted by atomic mass is 16.7. The molecule has 1 aromatic carbocycles. The summed E-state index contributed by atoms with van der Waals surface area (Å²) >= 11 is 0. The lowest BCUT2D eigenvalue weighted by atomic mass is 9.86. The number of benzene rings is 1. The van der Waals surface area contributed by atoms with Crippen LogP contribution in [0.4, 0.5) is 10.5 Å². The Morgan fingerprint density at radius 2 is 2.12 bits per heavy atom. The summed E-state index contributed by atoms with van der Waals surface area (Å²) in [7, 11) is 1.31. The Morgan fingerprint density at radius 1 is 1.38 bits per heavy atom. The van der Waals surface area contributed by atoms with Crippen molar-refractivity contribution in [2.24, 2.45) is 0 Å². The van der Waals surface area contributed by atoms with Crippen molar-refractivity contribution in [3.8, 4) is 0 Å². The van der Waals surface area contributed by atoms with Gasteiger partial charge in [-0.25, -0.2) is 9.78 Å². The number of hydrogen-bond donors (Lipinski definition) is 2. The number of aliphatic hydroxyl groups is 1. The van der Waals surface area contributed by atoms with Gasteiger partial charge in [-0.1, -0.05) is 18.2 Å². The molecule has 1 amide bonds. The van der Waals surface area contributed by atoms with Crippen molar-refractivity contribution in [3.63, 3.8) is 0 Å². The Labute approximate surface area is 138 Å². The average Bonchev–Trinajstić information content (AvgIpc) is 3.03. The van der Waals surface area contributed by atoms with E-state index in [1.807, 2.05) is 24.3 Å². The van der Waals surface area contributed by atoms with Crippen LogP contribution in [-0.2, 0) is 20.6 Å². The van der Waals surface area contributed by atoms with Crippen LogP contribution >= 0.6 is 0 Å². The zero-order chi connectivity index (χ0) is 16.7. The number of nitrogens with zero attached hydrogens (tertiary/aromatic N) is 1. The number of rotatable bonds is 1. The van der Waals surface area contributed by atoms with Crippen LogP contribution < -0.4 is 5.32 Å². The van der Waals surface area contributed by atoms with Crippen LogP contribution in [0, 0.1) is 0 Å². The molecule has 0 radical (unpaired) electrons. The predicted octanol–water partition coefficient (Wildman–Crippen LogP) is 2.14. The molecule has 1 aliphatic heterocycles. The number of ether oxygens (including phenoxy) is 3. The summed E-state index contributed by atoms with van der Waals surface area (Å²) in [5.41, 5.74) is 2.55. The molecule has 2 aliphatic rings. The molecule has 0 saturated carbocycles. The van der Waals surface area contributed by atoms with Gasteiger partial charge >= 0.3 is 6.09 Å². The van der Waals surface area contributed by atoms with Gasteiger partial charge in [0, 0.05) is 23.8 Å². The molecule has 24 heavy (non-hydrogen) atoms. The van der Waals surface area contributed by atoms with Gasteiger partial charge in [0.1, 0.15) is 6.10 Å². The number of methoxy groups -OCH3 is 1. The van der Waals surface area contributed by atoms with Crippen LogP contribution in [0.1, 0.15) is 23.8 Å². The molecule has 7 nitrogen and oxygen atoms in total. The van der Waals surface area contributed by atoms with Gasteiger partial charge in [0.2, 0.25) is 0 Å². The Kier molecular flexibility index (Phi) is 3.64. The van der Waals surface area contributed by atoms with Crippen molar-refractivity contribution >= 4 is 22.7 Å². The maximum Gasteiger partial charge on any atom is 0.411 e. The summed E-state index contributed by atoms with van der Waals surface area (Å²) in [5, 5.41) is 14.1. The van der Waals surface area contributed by atoms with E-state index in [-0.39, 0.29) is 0 Å². The molecular weight excluding hydrogens is 312 g/mol. The topological polar surface area (TPSA) is 89.9 Å². The highest BCUT2D eigenvalue weighted by Crippen LogP contribution is 2.44. The molecule has 1 unspecified atom stereocenters. The van der Waals surface area contributed by atoms with Crippen LogP contribution in [-0.4, -0.2) is 42.3 Å². The number of para-hydroxylation sites is 1. The van der Waals surface area contributed by atoms with Crippen LogP contribution in [0.15, 0.2) is 24.3 Å². The van der Waals surface area contributed by atoms with E-state index in [0.29, 0.717) is 43.0 Å². The van der Waals surface area contributed by atoms with E-state index in [2.05, 4.69) is 10.3 Å². The van der Waals surface area contributed by atoms with Gasteiger partial charge in [0.15, 0.2) is 5.79 Å². The van der Waals surface area contributed by atoms with Crippen molar-refractivity contribution in [2.75, 3.05) is 25.6 Å². The van der Waals surface area contributed by atoms with Crippen molar-refractivity contribution < 1.29 is 24.1 Å². The standard InChI is InChI=1S/C17H18N2O5/c1-22-16(21)19-14-10-4-2-3-5-12(10)18-15-11(14)8-17(9-13(15)20)23-6-7-24-17/h2-5,13,20H,6-9H2,1H3,(H,18,19,21). The predicted molar refractivity (Wildman–Crippen MR) is 85.7 cm³/mol. The molecule has 1 atom stereocenters. The van der Waals surface area contributed by atoms with Gasteiger partial charge in [-0.15, -0.1) is 0 Å². The largest absolute Gasteiger partial charge is 0.453 e. The summed E-state index contributed by atoms with van der Waals surface area (Å²) < 4.78 is 16.2. The highest BCUT2D eigenvalue weighted by molar-refractivity contribution is 6.00. The molecule has 126 valence electrons. The third kappa shape index (κ3) is 2.41. The quantitative estimate of drug-likeness (QED) is 0.832. The summed E-state index contributed by atoms with van der Waals surface area (Å²) in [6.07, 6.45) is -0.662. The minimum absolute atomic E-state index is 0.322. The van der Waals surface area contributed by atoms with Gasteiger partial charge in [0.05, 0.1) is 37.2 Å². The van der Waals surface area contributed by atoms with Crippen LogP contribution in [0.25, 0.3) is 10.9 Å². The lowest BCUT2D eigenvalue weighted by molar-refractivity contribution is -0.182. The number of nitrogens with one attached hydrogen (secondary N) is 1. The third-order valence-corrected chi connectivity index (χ3v) is 4.52. The van der Waals surface area contributed by atoms with Crippen molar-refractivity contribution in [1.82, 2.24) is 4.98 Å². The molecule has 1 aromatic heterocycles.